The van der Waals surface area contributed by atoms with Gasteiger partial charge >= 0.3 is 0 Å². The highest BCUT2D eigenvalue weighted by atomic mass is 15.2. The van der Waals surface area contributed by atoms with Gasteiger partial charge in [-0.25, -0.2) is 4.98 Å². The Morgan fingerprint density at radius 1 is 1.53 bits per heavy atom. The van der Waals surface area contributed by atoms with E-state index in [1.54, 1.807) is 0 Å². The fourth-order valence-corrected chi connectivity index (χ4v) is 2.74. The van der Waals surface area contributed by atoms with Gasteiger partial charge in [-0.15, -0.1) is 0 Å². The van der Waals surface area contributed by atoms with E-state index in [9.17, 15) is 0 Å². The Morgan fingerprint density at radius 3 is 3.18 bits per heavy atom. The molecule has 4 nitrogen and oxygen atoms in total. The first-order valence-corrected chi connectivity index (χ1v) is 6.69. The molecule has 1 atom stereocenters. The highest BCUT2D eigenvalue weighted by Crippen LogP contribution is 2.17. The summed E-state index contributed by atoms with van der Waals surface area (Å²) in [5, 5.41) is 3.30. The molecule has 17 heavy (non-hydrogen) atoms. The normalized spacial score (nSPS) is 21.9. The fraction of sp³-hybridized carbons (Fsp3) is 0.769. The van der Waals surface area contributed by atoms with Gasteiger partial charge in [-0.1, -0.05) is 0 Å². The second-order valence-corrected chi connectivity index (χ2v) is 4.97. The topological polar surface area (TPSA) is 33.1 Å². The van der Waals surface area contributed by atoms with Gasteiger partial charge in [0.05, 0.1) is 12.0 Å². The molecule has 0 bridgehead atoms. The lowest BCUT2D eigenvalue weighted by atomic mass is 9.98. The molecule has 1 fully saturated rings. The minimum atomic E-state index is 0.812. The first-order chi connectivity index (χ1) is 8.33. The molecule has 4 heteroatoms. The summed E-state index contributed by atoms with van der Waals surface area (Å²) >= 11 is 0. The Hall–Kier alpha value is -0.870. The van der Waals surface area contributed by atoms with Crippen LogP contribution >= 0.6 is 0 Å². The summed E-state index contributed by atoms with van der Waals surface area (Å²) in [7, 11) is 2.05. The number of aromatic nitrogens is 2. The zero-order chi connectivity index (χ0) is 12.1. The second-order valence-electron chi connectivity index (χ2n) is 4.97. The molecule has 0 spiro atoms. The Balaban J connectivity index is 1.90. The number of nitrogens with zero attached hydrogens (tertiary/aromatic N) is 3. The van der Waals surface area contributed by atoms with Crippen LogP contribution in [0, 0.1) is 5.92 Å². The molecule has 1 N–H and O–H groups in total. The lowest BCUT2D eigenvalue weighted by Crippen LogP contribution is -2.38. The maximum absolute atomic E-state index is 4.24. The molecule has 1 aliphatic rings. The Bertz CT molecular complexity index is 332. The standard InChI is InChI=1S/C13H24N4/c1-3-17-11-15-8-13(17)10-16-6-4-5-12(9-16)7-14-2/h8,11-12,14H,3-7,9-10H2,1-2H3. The molecular formula is C13H24N4. The van der Waals surface area contributed by atoms with Crippen molar-refractivity contribution in [2.24, 2.45) is 5.92 Å². The molecule has 1 aromatic rings. The number of piperidine rings is 1. The van der Waals surface area contributed by atoms with Crippen molar-refractivity contribution in [2.75, 3.05) is 26.7 Å². The van der Waals surface area contributed by atoms with Gasteiger partial charge in [0.25, 0.3) is 0 Å². The Morgan fingerprint density at radius 2 is 2.41 bits per heavy atom. The molecule has 0 aliphatic carbocycles. The highest BCUT2D eigenvalue weighted by Gasteiger charge is 2.19. The number of hydrogen-bond donors (Lipinski definition) is 1. The third-order valence-corrected chi connectivity index (χ3v) is 3.62. The lowest BCUT2D eigenvalue weighted by Gasteiger charge is -2.32. The van der Waals surface area contributed by atoms with Gasteiger partial charge in [0, 0.05) is 25.8 Å². The fourth-order valence-electron chi connectivity index (χ4n) is 2.74. The van der Waals surface area contributed by atoms with Gasteiger partial charge in [0.1, 0.15) is 0 Å². The number of imidazole rings is 1. The van der Waals surface area contributed by atoms with Crippen LogP contribution in [0.2, 0.25) is 0 Å². The van der Waals surface area contributed by atoms with Crippen molar-refractivity contribution in [1.82, 2.24) is 19.8 Å². The smallest absolute Gasteiger partial charge is 0.0948 e. The van der Waals surface area contributed by atoms with Crippen molar-refractivity contribution in [2.45, 2.75) is 32.9 Å². The number of likely N-dealkylation sites (tertiary alicyclic amines) is 1. The predicted octanol–water partition coefficient (Wildman–Crippen LogP) is 1.33. The van der Waals surface area contributed by atoms with Crippen LogP contribution in [-0.2, 0) is 13.1 Å². The van der Waals surface area contributed by atoms with E-state index in [1.165, 1.54) is 31.6 Å². The molecule has 0 amide bonds. The van der Waals surface area contributed by atoms with E-state index in [0.717, 1.165) is 25.6 Å². The Labute approximate surface area is 104 Å². The van der Waals surface area contributed by atoms with Crippen LogP contribution in [-0.4, -0.2) is 41.1 Å². The Kier molecular flexibility index (Phi) is 4.57. The summed E-state index contributed by atoms with van der Waals surface area (Å²) in [6, 6.07) is 0. The summed E-state index contributed by atoms with van der Waals surface area (Å²) in [5.41, 5.74) is 1.35. The number of nitrogens with one attached hydrogen (secondary N) is 1. The van der Waals surface area contributed by atoms with Crippen LogP contribution < -0.4 is 5.32 Å². The molecule has 0 saturated carbocycles. The van der Waals surface area contributed by atoms with E-state index < -0.39 is 0 Å². The van der Waals surface area contributed by atoms with Crippen LogP contribution in [0.5, 0.6) is 0 Å². The molecule has 2 heterocycles. The average Bonchev–Trinajstić information content (AvgIpc) is 2.77. The third-order valence-electron chi connectivity index (χ3n) is 3.62. The van der Waals surface area contributed by atoms with Gasteiger partial charge in [-0.2, -0.15) is 0 Å². The van der Waals surface area contributed by atoms with Crippen molar-refractivity contribution in [1.29, 1.82) is 0 Å². The molecule has 2 rings (SSSR count). The lowest BCUT2D eigenvalue weighted by molar-refractivity contribution is 0.163. The maximum atomic E-state index is 4.24. The highest BCUT2D eigenvalue weighted by molar-refractivity contribution is 4.98. The first kappa shape index (κ1) is 12.6. The summed E-state index contributed by atoms with van der Waals surface area (Å²) in [6.07, 6.45) is 6.63. The summed E-state index contributed by atoms with van der Waals surface area (Å²) in [5.74, 6) is 0.812. The van der Waals surface area contributed by atoms with E-state index in [4.69, 9.17) is 0 Å². The molecule has 96 valence electrons. The van der Waals surface area contributed by atoms with E-state index in [2.05, 4.69) is 26.7 Å². The second kappa shape index (κ2) is 6.17. The van der Waals surface area contributed by atoms with E-state index in [-0.39, 0.29) is 0 Å². The van der Waals surface area contributed by atoms with Gasteiger partial charge in [0.2, 0.25) is 0 Å². The maximum Gasteiger partial charge on any atom is 0.0948 e. The van der Waals surface area contributed by atoms with Crippen LogP contribution in [0.15, 0.2) is 12.5 Å². The number of hydrogen-bond acceptors (Lipinski definition) is 3. The molecule has 1 aromatic heterocycles. The summed E-state index contributed by atoms with van der Waals surface area (Å²) < 4.78 is 2.24. The van der Waals surface area contributed by atoms with Crippen molar-refractivity contribution in [3.05, 3.63) is 18.2 Å². The van der Waals surface area contributed by atoms with Crippen molar-refractivity contribution < 1.29 is 0 Å². The van der Waals surface area contributed by atoms with Crippen molar-refractivity contribution in [3.8, 4) is 0 Å². The van der Waals surface area contributed by atoms with Gasteiger partial charge in [0.15, 0.2) is 0 Å². The van der Waals surface area contributed by atoms with Crippen LogP contribution in [0.1, 0.15) is 25.5 Å². The molecule has 0 radical (unpaired) electrons. The summed E-state index contributed by atoms with van der Waals surface area (Å²) in [6.45, 7) is 7.83. The van der Waals surface area contributed by atoms with Crippen LogP contribution in [0.4, 0.5) is 0 Å². The van der Waals surface area contributed by atoms with Crippen molar-refractivity contribution in [3.63, 3.8) is 0 Å². The first-order valence-electron chi connectivity index (χ1n) is 6.69. The quantitative estimate of drug-likeness (QED) is 0.837. The van der Waals surface area contributed by atoms with E-state index in [1.807, 2.05) is 19.6 Å². The van der Waals surface area contributed by atoms with E-state index in [0.29, 0.717) is 0 Å². The van der Waals surface area contributed by atoms with Crippen LogP contribution in [0.3, 0.4) is 0 Å². The summed E-state index contributed by atoms with van der Waals surface area (Å²) in [4.78, 5) is 6.80. The van der Waals surface area contributed by atoms with Gasteiger partial charge < -0.3 is 9.88 Å². The average molecular weight is 236 g/mol. The molecular weight excluding hydrogens is 212 g/mol. The third kappa shape index (κ3) is 3.30. The van der Waals surface area contributed by atoms with E-state index >= 15 is 0 Å². The largest absolute Gasteiger partial charge is 0.334 e. The number of rotatable bonds is 5. The van der Waals surface area contributed by atoms with Gasteiger partial charge in [-0.05, 0) is 45.8 Å². The zero-order valence-corrected chi connectivity index (χ0v) is 11.0. The minimum absolute atomic E-state index is 0.812. The monoisotopic (exact) mass is 236 g/mol. The van der Waals surface area contributed by atoms with Crippen LogP contribution in [0.25, 0.3) is 0 Å². The van der Waals surface area contributed by atoms with Gasteiger partial charge in [-0.3, -0.25) is 4.90 Å². The molecule has 1 saturated heterocycles. The predicted molar refractivity (Wildman–Crippen MR) is 69.8 cm³/mol. The minimum Gasteiger partial charge on any atom is -0.334 e. The number of aryl methyl sites for hydroxylation is 1. The molecule has 0 aromatic carbocycles. The SMILES string of the molecule is CCn1cncc1CN1CCCC(CNC)C1. The van der Waals surface area contributed by atoms with Crippen molar-refractivity contribution >= 4 is 0 Å². The molecule has 1 aliphatic heterocycles. The molecule has 1 unspecified atom stereocenters. The zero-order valence-electron chi connectivity index (χ0n) is 11.0.